The molecule has 0 amide bonds. The highest BCUT2D eigenvalue weighted by Crippen LogP contribution is 2.35. The van der Waals surface area contributed by atoms with Crippen LogP contribution in [0.4, 0.5) is 26.3 Å². The van der Waals surface area contributed by atoms with Gasteiger partial charge in [-0.05, 0) is 17.0 Å². The van der Waals surface area contributed by atoms with Crippen LogP contribution < -0.4 is 0 Å². The molecule has 112 valence electrons. The molecule has 0 aliphatic carbocycles. The Kier molecular flexibility index (Phi) is 4.22. The van der Waals surface area contributed by atoms with Crippen LogP contribution in [-0.2, 0) is 16.4 Å². The van der Waals surface area contributed by atoms with Crippen LogP contribution in [0.3, 0.4) is 0 Å². The second-order valence-corrected chi connectivity index (χ2v) is 5.06. The molecule has 0 aliphatic heterocycles. The van der Waals surface area contributed by atoms with Gasteiger partial charge in [-0.1, -0.05) is 32.0 Å². The van der Waals surface area contributed by atoms with Crippen molar-refractivity contribution in [1.29, 1.82) is 0 Å². The number of halogens is 6. The Morgan fingerprint density at radius 2 is 1.50 bits per heavy atom. The second-order valence-electron chi connectivity index (χ2n) is 5.06. The van der Waals surface area contributed by atoms with Crippen LogP contribution in [0.2, 0.25) is 0 Å². The average Bonchev–Trinajstić information content (AvgIpc) is 2.26. The maximum absolute atomic E-state index is 12.6. The van der Waals surface area contributed by atoms with E-state index in [2.05, 4.69) is 0 Å². The van der Waals surface area contributed by atoms with Crippen molar-refractivity contribution in [2.45, 2.75) is 38.0 Å². The number of hydrogen-bond donors (Lipinski definition) is 0. The molecule has 1 rings (SSSR count). The molecule has 0 unspecified atom stereocenters. The largest absolute Gasteiger partial charge is 0.450 e. The van der Waals surface area contributed by atoms with Crippen LogP contribution in [0.25, 0.3) is 0 Å². The van der Waals surface area contributed by atoms with Crippen molar-refractivity contribution in [3.05, 3.63) is 35.4 Å². The van der Waals surface area contributed by atoms with Crippen molar-refractivity contribution in [3.8, 4) is 0 Å². The molecule has 0 atom stereocenters. The van der Waals surface area contributed by atoms with E-state index in [-0.39, 0.29) is 5.56 Å². The normalized spacial score (nSPS) is 13.4. The Labute approximate surface area is 111 Å². The number of benzene rings is 1. The molecule has 0 spiro atoms. The van der Waals surface area contributed by atoms with Gasteiger partial charge in [0.1, 0.15) is 0 Å². The summed E-state index contributed by atoms with van der Waals surface area (Å²) < 4.78 is 74.4. The second kappa shape index (κ2) is 5.10. The quantitative estimate of drug-likeness (QED) is 0.751. The minimum atomic E-state index is -4.99. The monoisotopic (exact) mass is 298 g/mol. The van der Waals surface area contributed by atoms with Crippen molar-refractivity contribution < 1.29 is 31.1 Å². The van der Waals surface area contributed by atoms with E-state index in [1.165, 1.54) is 19.9 Å². The zero-order chi connectivity index (χ0) is 15.8. The Morgan fingerprint density at radius 3 is 1.95 bits per heavy atom. The smallest absolute Gasteiger partial charge is 0.290 e. The van der Waals surface area contributed by atoms with Crippen LogP contribution >= 0.6 is 0 Å². The third-order valence-electron chi connectivity index (χ3n) is 2.89. The van der Waals surface area contributed by atoms with E-state index in [1.807, 2.05) is 0 Å². The van der Waals surface area contributed by atoms with Gasteiger partial charge in [0.25, 0.3) is 0 Å². The minimum Gasteiger partial charge on any atom is -0.290 e. The van der Waals surface area contributed by atoms with Crippen molar-refractivity contribution in [2.24, 2.45) is 0 Å². The molecule has 0 N–H and O–H groups in total. The SMILES string of the molecule is CC(C)(CC(=O)C(F)(F)F)c1cccc(C(F)(F)F)c1. The predicted octanol–water partition coefficient (Wildman–Crippen LogP) is 4.50. The summed E-state index contributed by atoms with van der Waals surface area (Å²) in [5.41, 5.74) is -2.26. The van der Waals surface area contributed by atoms with Gasteiger partial charge in [0, 0.05) is 6.42 Å². The fourth-order valence-electron chi connectivity index (χ4n) is 1.72. The first-order valence-electron chi connectivity index (χ1n) is 5.62. The van der Waals surface area contributed by atoms with Gasteiger partial charge in [0.15, 0.2) is 0 Å². The molecule has 1 nitrogen and oxygen atoms in total. The first kappa shape index (κ1) is 16.5. The van der Waals surface area contributed by atoms with Gasteiger partial charge < -0.3 is 0 Å². The Morgan fingerprint density at radius 1 is 1.00 bits per heavy atom. The lowest BCUT2D eigenvalue weighted by Crippen LogP contribution is -2.31. The summed E-state index contributed by atoms with van der Waals surface area (Å²) in [7, 11) is 0. The number of Topliss-reactive ketones (excluding diaryl/α,β-unsaturated/α-hetero) is 1. The molecule has 1 aromatic carbocycles. The summed E-state index contributed by atoms with van der Waals surface area (Å²) in [6.07, 6.45) is -10.5. The molecule has 0 saturated carbocycles. The molecule has 0 fully saturated rings. The zero-order valence-electron chi connectivity index (χ0n) is 10.7. The predicted molar refractivity (Wildman–Crippen MR) is 60.1 cm³/mol. The number of alkyl halides is 6. The molecule has 0 radical (unpaired) electrons. The van der Waals surface area contributed by atoms with Gasteiger partial charge in [-0.2, -0.15) is 26.3 Å². The fraction of sp³-hybridized carbons (Fsp3) is 0.462. The van der Waals surface area contributed by atoms with Crippen molar-refractivity contribution in [3.63, 3.8) is 0 Å². The number of hydrogen-bond acceptors (Lipinski definition) is 1. The van der Waals surface area contributed by atoms with Gasteiger partial charge in [0.2, 0.25) is 5.78 Å². The van der Waals surface area contributed by atoms with E-state index < -0.39 is 35.5 Å². The Bertz CT molecular complexity index is 498. The molecular formula is C13H12F6O. The Balaban J connectivity index is 3.07. The molecule has 0 bridgehead atoms. The van der Waals surface area contributed by atoms with Gasteiger partial charge in [0.05, 0.1) is 5.56 Å². The summed E-state index contributed by atoms with van der Waals surface area (Å²) >= 11 is 0. The van der Waals surface area contributed by atoms with E-state index in [4.69, 9.17) is 0 Å². The molecule has 7 heteroatoms. The summed E-state index contributed by atoms with van der Waals surface area (Å²) in [6, 6.07) is 3.98. The third-order valence-corrected chi connectivity index (χ3v) is 2.89. The Hall–Kier alpha value is -1.53. The highest BCUT2D eigenvalue weighted by atomic mass is 19.4. The molecule has 20 heavy (non-hydrogen) atoms. The number of rotatable bonds is 3. The summed E-state index contributed by atoms with van der Waals surface area (Å²) in [5.74, 6) is -1.96. The fourth-order valence-corrected chi connectivity index (χ4v) is 1.72. The first-order chi connectivity index (χ1) is 8.84. The maximum atomic E-state index is 12.6. The number of carbonyl (C=O) groups is 1. The average molecular weight is 298 g/mol. The molecule has 0 aliphatic rings. The number of ketones is 1. The van der Waals surface area contributed by atoms with E-state index in [0.29, 0.717) is 0 Å². The van der Waals surface area contributed by atoms with Gasteiger partial charge in [-0.3, -0.25) is 4.79 Å². The van der Waals surface area contributed by atoms with Crippen molar-refractivity contribution in [2.75, 3.05) is 0 Å². The van der Waals surface area contributed by atoms with Gasteiger partial charge in [-0.15, -0.1) is 0 Å². The third kappa shape index (κ3) is 3.98. The van der Waals surface area contributed by atoms with Gasteiger partial charge >= 0.3 is 12.4 Å². The van der Waals surface area contributed by atoms with Crippen molar-refractivity contribution >= 4 is 5.78 Å². The first-order valence-corrected chi connectivity index (χ1v) is 5.62. The van der Waals surface area contributed by atoms with Crippen LogP contribution in [0, 0.1) is 0 Å². The topological polar surface area (TPSA) is 17.1 Å². The number of carbonyl (C=O) groups excluding carboxylic acids is 1. The lowest BCUT2D eigenvalue weighted by atomic mass is 9.79. The molecular weight excluding hydrogens is 286 g/mol. The van der Waals surface area contributed by atoms with Crippen LogP contribution in [-0.4, -0.2) is 12.0 Å². The van der Waals surface area contributed by atoms with Gasteiger partial charge in [-0.25, -0.2) is 0 Å². The van der Waals surface area contributed by atoms with Crippen LogP contribution in [0.15, 0.2) is 24.3 Å². The molecule has 1 aromatic rings. The highest BCUT2D eigenvalue weighted by Gasteiger charge is 2.42. The zero-order valence-corrected chi connectivity index (χ0v) is 10.7. The summed E-state index contributed by atoms with van der Waals surface area (Å²) in [4.78, 5) is 11.0. The molecule has 0 saturated heterocycles. The minimum absolute atomic E-state index is 0.0323. The van der Waals surface area contributed by atoms with E-state index in [1.54, 1.807) is 0 Å². The lowest BCUT2D eigenvalue weighted by molar-refractivity contribution is -0.172. The lowest BCUT2D eigenvalue weighted by Gasteiger charge is -2.25. The van der Waals surface area contributed by atoms with Crippen molar-refractivity contribution in [1.82, 2.24) is 0 Å². The molecule has 0 aromatic heterocycles. The van der Waals surface area contributed by atoms with Crippen LogP contribution in [0.5, 0.6) is 0 Å². The van der Waals surface area contributed by atoms with E-state index >= 15 is 0 Å². The maximum Gasteiger partial charge on any atom is 0.450 e. The summed E-state index contributed by atoms with van der Waals surface area (Å²) in [6.45, 7) is 2.60. The summed E-state index contributed by atoms with van der Waals surface area (Å²) in [5, 5.41) is 0. The van der Waals surface area contributed by atoms with Crippen LogP contribution in [0.1, 0.15) is 31.4 Å². The van der Waals surface area contributed by atoms with E-state index in [0.717, 1.165) is 18.2 Å². The standard InChI is InChI=1S/C13H12F6O/c1-11(2,7-10(20)13(17,18)19)8-4-3-5-9(6-8)12(14,15)16/h3-6H,7H2,1-2H3. The molecule has 0 heterocycles. The highest BCUT2D eigenvalue weighted by molar-refractivity contribution is 5.85. The van der Waals surface area contributed by atoms with E-state index in [9.17, 15) is 31.1 Å².